The topological polar surface area (TPSA) is 12.5 Å². The van der Waals surface area contributed by atoms with Crippen LogP contribution >= 0.6 is 0 Å². The number of likely N-dealkylation sites (N-methyl/N-ethyl adjacent to an activating group) is 1. The largest absolute Gasteiger partial charge is 0.497 e. The van der Waals surface area contributed by atoms with Gasteiger partial charge in [0.05, 0.1) is 7.11 Å². The van der Waals surface area contributed by atoms with E-state index in [1.165, 1.54) is 36.8 Å². The standard InChI is InChI=1S/C24H31NO/c1-24-14-7-10-20(16-19-11-12-21(26-3)17-22(19)24)23(24)25(2)15-13-18-8-5-4-6-9-18/h4-6,8-9,11-12,17,20,23H,7,10,13-16H2,1-3H3/t20?,23?,24-/m1/s1. The van der Waals surface area contributed by atoms with E-state index in [1.54, 1.807) is 12.7 Å². The summed E-state index contributed by atoms with van der Waals surface area (Å²) in [6.07, 6.45) is 6.34. The summed E-state index contributed by atoms with van der Waals surface area (Å²) in [5.74, 6) is 1.77. The van der Waals surface area contributed by atoms with Crippen LogP contribution in [0, 0.1) is 5.92 Å². The van der Waals surface area contributed by atoms with Crippen molar-refractivity contribution >= 4 is 0 Å². The first-order valence-corrected chi connectivity index (χ1v) is 10.0. The molecule has 0 spiro atoms. The van der Waals surface area contributed by atoms with Crippen LogP contribution < -0.4 is 4.74 Å². The molecule has 0 saturated heterocycles. The first-order chi connectivity index (χ1) is 12.6. The molecule has 3 atom stereocenters. The number of hydrogen-bond donors (Lipinski definition) is 0. The Labute approximate surface area is 158 Å². The minimum absolute atomic E-state index is 0.233. The molecule has 0 heterocycles. The lowest BCUT2D eigenvalue weighted by Gasteiger charge is -2.54. The van der Waals surface area contributed by atoms with Gasteiger partial charge in [0, 0.05) is 18.0 Å². The van der Waals surface area contributed by atoms with Gasteiger partial charge in [0.15, 0.2) is 0 Å². The van der Waals surface area contributed by atoms with Crippen LogP contribution in [0.5, 0.6) is 5.75 Å². The summed E-state index contributed by atoms with van der Waals surface area (Å²) in [5.41, 5.74) is 4.75. The van der Waals surface area contributed by atoms with Crippen LogP contribution in [0.1, 0.15) is 42.9 Å². The number of ether oxygens (including phenoxy) is 1. The molecule has 1 fully saturated rings. The third-order valence-corrected chi connectivity index (χ3v) is 6.86. The molecule has 26 heavy (non-hydrogen) atoms. The van der Waals surface area contributed by atoms with E-state index in [2.05, 4.69) is 67.4 Å². The van der Waals surface area contributed by atoms with Crippen molar-refractivity contribution in [3.63, 3.8) is 0 Å². The predicted molar refractivity (Wildman–Crippen MR) is 108 cm³/mol. The second-order valence-corrected chi connectivity index (χ2v) is 8.46. The number of benzene rings is 2. The van der Waals surface area contributed by atoms with Gasteiger partial charge in [-0.05, 0) is 67.5 Å². The molecule has 2 heteroatoms. The molecule has 0 N–H and O–H groups in total. The Balaban J connectivity index is 1.61. The zero-order chi connectivity index (χ0) is 18.1. The van der Waals surface area contributed by atoms with Crippen LogP contribution in [0.4, 0.5) is 0 Å². The molecular weight excluding hydrogens is 318 g/mol. The molecule has 0 amide bonds. The van der Waals surface area contributed by atoms with E-state index >= 15 is 0 Å². The van der Waals surface area contributed by atoms with Crippen molar-refractivity contribution in [1.82, 2.24) is 4.90 Å². The zero-order valence-corrected chi connectivity index (χ0v) is 16.4. The summed E-state index contributed by atoms with van der Waals surface area (Å²) in [5, 5.41) is 0. The van der Waals surface area contributed by atoms with Gasteiger partial charge in [0.1, 0.15) is 5.75 Å². The Morgan fingerprint density at radius 2 is 1.96 bits per heavy atom. The molecule has 2 unspecified atom stereocenters. The average Bonchev–Trinajstić information content (AvgIpc) is 2.66. The lowest BCUT2D eigenvalue weighted by atomic mass is 9.57. The predicted octanol–water partition coefficient (Wildman–Crippen LogP) is 4.85. The van der Waals surface area contributed by atoms with Gasteiger partial charge in [-0.25, -0.2) is 0 Å². The Bertz CT molecular complexity index is 756. The van der Waals surface area contributed by atoms with Gasteiger partial charge in [-0.1, -0.05) is 49.7 Å². The maximum absolute atomic E-state index is 5.55. The fraction of sp³-hybridized carbons (Fsp3) is 0.500. The number of rotatable bonds is 5. The molecule has 138 valence electrons. The van der Waals surface area contributed by atoms with Gasteiger partial charge in [0.25, 0.3) is 0 Å². The van der Waals surface area contributed by atoms with Crippen LogP contribution in [0.25, 0.3) is 0 Å². The van der Waals surface area contributed by atoms with E-state index in [-0.39, 0.29) is 5.41 Å². The quantitative estimate of drug-likeness (QED) is 0.765. The maximum Gasteiger partial charge on any atom is 0.119 e. The first kappa shape index (κ1) is 17.6. The maximum atomic E-state index is 5.55. The van der Waals surface area contributed by atoms with E-state index in [1.807, 2.05) is 0 Å². The zero-order valence-electron chi connectivity index (χ0n) is 16.4. The highest BCUT2D eigenvalue weighted by atomic mass is 16.5. The Hall–Kier alpha value is -1.80. The highest BCUT2D eigenvalue weighted by Gasteiger charge is 2.49. The Morgan fingerprint density at radius 1 is 1.15 bits per heavy atom. The van der Waals surface area contributed by atoms with Crippen molar-refractivity contribution in [3.8, 4) is 5.75 Å². The van der Waals surface area contributed by atoms with Crippen molar-refractivity contribution in [2.24, 2.45) is 5.92 Å². The van der Waals surface area contributed by atoms with Crippen molar-refractivity contribution in [2.45, 2.75) is 50.5 Å². The van der Waals surface area contributed by atoms with E-state index in [0.29, 0.717) is 6.04 Å². The first-order valence-electron chi connectivity index (χ1n) is 10.0. The van der Waals surface area contributed by atoms with E-state index in [9.17, 15) is 0 Å². The van der Waals surface area contributed by atoms with Gasteiger partial charge in [-0.3, -0.25) is 0 Å². The van der Waals surface area contributed by atoms with E-state index in [4.69, 9.17) is 4.74 Å². The minimum Gasteiger partial charge on any atom is -0.497 e. The lowest BCUT2D eigenvalue weighted by molar-refractivity contribution is 0.0465. The smallest absolute Gasteiger partial charge is 0.119 e. The second kappa shape index (κ2) is 7.08. The van der Waals surface area contributed by atoms with Gasteiger partial charge in [-0.2, -0.15) is 0 Å². The van der Waals surface area contributed by atoms with E-state index in [0.717, 1.165) is 24.6 Å². The SMILES string of the molecule is COc1ccc2c(c1)[C@@]1(C)CCCC(C2)C1N(C)CCc1ccccc1. The van der Waals surface area contributed by atoms with Crippen molar-refractivity contribution in [1.29, 1.82) is 0 Å². The second-order valence-electron chi connectivity index (χ2n) is 8.46. The molecule has 2 nitrogen and oxygen atoms in total. The Morgan fingerprint density at radius 3 is 2.73 bits per heavy atom. The lowest BCUT2D eigenvalue weighted by Crippen LogP contribution is -2.57. The summed E-state index contributed by atoms with van der Waals surface area (Å²) in [4.78, 5) is 2.65. The van der Waals surface area contributed by atoms with Crippen molar-refractivity contribution in [2.75, 3.05) is 20.7 Å². The monoisotopic (exact) mass is 349 g/mol. The Kier molecular flexibility index (Phi) is 4.79. The molecule has 2 bridgehead atoms. The average molecular weight is 350 g/mol. The molecule has 2 aromatic rings. The molecule has 0 radical (unpaired) electrons. The van der Waals surface area contributed by atoms with E-state index < -0.39 is 0 Å². The summed E-state index contributed by atoms with van der Waals surface area (Å²) in [6.45, 7) is 3.63. The number of fused-ring (bicyclic) bond motifs is 4. The van der Waals surface area contributed by atoms with Crippen molar-refractivity contribution < 1.29 is 4.74 Å². The van der Waals surface area contributed by atoms with Crippen LogP contribution in [-0.4, -0.2) is 31.6 Å². The normalized spacial score (nSPS) is 27.2. The molecule has 4 rings (SSSR count). The molecular formula is C24H31NO. The van der Waals surface area contributed by atoms with Gasteiger partial charge in [-0.15, -0.1) is 0 Å². The van der Waals surface area contributed by atoms with Gasteiger partial charge >= 0.3 is 0 Å². The van der Waals surface area contributed by atoms with Gasteiger partial charge < -0.3 is 9.64 Å². The molecule has 2 aliphatic carbocycles. The molecule has 0 aliphatic heterocycles. The van der Waals surface area contributed by atoms with Crippen LogP contribution in [0.3, 0.4) is 0 Å². The van der Waals surface area contributed by atoms with Crippen LogP contribution in [0.15, 0.2) is 48.5 Å². The summed E-state index contributed by atoms with van der Waals surface area (Å²) < 4.78 is 5.55. The summed E-state index contributed by atoms with van der Waals surface area (Å²) in [7, 11) is 4.12. The minimum atomic E-state index is 0.233. The highest BCUT2D eigenvalue weighted by molar-refractivity contribution is 5.45. The molecule has 1 saturated carbocycles. The number of methoxy groups -OCH3 is 1. The fourth-order valence-electron chi connectivity index (χ4n) is 5.68. The fourth-order valence-corrected chi connectivity index (χ4v) is 5.68. The number of nitrogens with zero attached hydrogens (tertiary/aromatic N) is 1. The third kappa shape index (κ3) is 3.05. The highest BCUT2D eigenvalue weighted by Crippen LogP contribution is 2.51. The van der Waals surface area contributed by atoms with Crippen molar-refractivity contribution in [3.05, 3.63) is 65.2 Å². The van der Waals surface area contributed by atoms with Crippen LogP contribution in [0.2, 0.25) is 0 Å². The summed E-state index contributed by atoms with van der Waals surface area (Å²) in [6, 6.07) is 18.3. The molecule has 2 aromatic carbocycles. The molecule has 2 aliphatic rings. The van der Waals surface area contributed by atoms with Gasteiger partial charge in [0.2, 0.25) is 0 Å². The third-order valence-electron chi connectivity index (χ3n) is 6.86. The van der Waals surface area contributed by atoms with Crippen LogP contribution in [-0.2, 0) is 18.3 Å². The number of hydrogen-bond acceptors (Lipinski definition) is 2. The molecule has 0 aromatic heterocycles. The summed E-state index contributed by atoms with van der Waals surface area (Å²) >= 11 is 0.